The normalized spacial score (nSPS) is 15.2. The number of carboxylic acid groups (broad SMARTS) is 1. The molecule has 0 aromatic heterocycles. The van der Waals surface area contributed by atoms with E-state index in [2.05, 4.69) is 0 Å². The SMILES string of the molecule is CN(CC(=O)O)C(=O)N(C)C1CC1. The number of rotatable bonds is 3. The molecule has 1 fully saturated rings. The van der Waals surface area contributed by atoms with Gasteiger partial charge in [0.1, 0.15) is 6.54 Å². The minimum Gasteiger partial charge on any atom is -0.480 e. The van der Waals surface area contributed by atoms with Crippen molar-refractivity contribution in [3.63, 3.8) is 0 Å². The second-order valence-corrected chi connectivity index (χ2v) is 3.37. The number of carbonyl (C=O) groups excluding carboxylic acids is 1. The van der Waals surface area contributed by atoms with Gasteiger partial charge in [-0.2, -0.15) is 0 Å². The molecule has 0 unspecified atom stereocenters. The first-order valence-corrected chi connectivity index (χ1v) is 4.22. The van der Waals surface area contributed by atoms with E-state index in [1.54, 1.807) is 11.9 Å². The Morgan fingerprint density at radius 3 is 2.31 bits per heavy atom. The van der Waals surface area contributed by atoms with Crippen molar-refractivity contribution in [3.8, 4) is 0 Å². The molecule has 1 aliphatic rings. The van der Waals surface area contributed by atoms with Crippen LogP contribution >= 0.6 is 0 Å². The summed E-state index contributed by atoms with van der Waals surface area (Å²) in [5.41, 5.74) is 0. The minimum absolute atomic E-state index is 0.218. The molecule has 1 rings (SSSR count). The van der Waals surface area contributed by atoms with Crippen LogP contribution in [0.5, 0.6) is 0 Å². The van der Waals surface area contributed by atoms with E-state index < -0.39 is 5.97 Å². The first-order chi connectivity index (χ1) is 6.02. The molecule has 1 N–H and O–H groups in total. The maximum Gasteiger partial charge on any atom is 0.323 e. The van der Waals surface area contributed by atoms with Gasteiger partial charge in [0.15, 0.2) is 0 Å². The summed E-state index contributed by atoms with van der Waals surface area (Å²) in [7, 11) is 3.20. The molecule has 0 spiro atoms. The summed E-state index contributed by atoms with van der Waals surface area (Å²) in [5.74, 6) is -0.986. The zero-order valence-corrected chi connectivity index (χ0v) is 7.86. The Hall–Kier alpha value is -1.26. The minimum atomic E-state index is -0.986. The number of likely N-dealkylation sites (N-methyl/N-ethyl adjacent to an activating group) is 1. The van der Waals surface area contributed by atoms with Crippen molar-refractivity contribution < 1.29 is 14.7 Å². The Kier molecular flexibility index (Phi) is 2.75. The third kappa shape index (κ3) is 2.61. The number of hydrogen-bond donors (Lipinski definition) is 1. The third-order valence-electron chi connectivity index (χ3n) is 2.10. The molecule has 0 aromatic carbocycles. The molecule has 0 bridgehead atoms. The fourth-order valence-corrected chi connectivity index (χ4v) is 1.16. The van der Waals surface area contributed by atoms with Crippen LogP contribution in [0, 0.1) is 0 Å². The largest absolute Gasteiger partial charge is 0.480 e. The second-order valence-electron chi connectivity index (χ2n) is 3.37. The Balaban J connectivity index is 2.40. The van der Waals surface area contributed by atoms with Crippen LogP contribution in [0.4, 0.5) is 4.79 Å². The van der Waals surface area contributed by atoms with Crippen LogP contribution in [-0.4, -0.2) is 53.6 Å². The highest BCUT2D eigenvalue weighted by Gasteiger charge is 2.31. The van der Waals surface area contributed by atoms with Crippen LogP contribution in [0.25, 0.3) is 0 Å². The molecule has 0 aliphatic heterocycles. The van der Waals surface area contributed by atoms with E-state index in [1.807, 2.05) is 0 Å². The fraction of sp³-hybridized carbons (Fsp3) is 0.750. The topological polar surface area (TPSA) is 60.9 Å². The van der Waals surface area contributed by atoms with Crippen molar-refractivity contribution in [3.05, 3.63) is 0 Å². The van der Waals surface area contributed by atoms with Gasteiger partial charge in [-0.15, -0.1) is 0 Å². The maximum atomic E-state index is 11.4. The van der Waals surface area contributed by atoms with E-state index in [1.165, 1.54) is 11.9 Å². The molecule has 1 saturated carbocycles. The fourth-order valence-electron chi connectivity index (χ4n) is 1.16. The van der Waals surface area contributed by atoms with Gasteiger partial charge in [0.25, 0.3) is 0 Å². The van der Waals surface area contributed by atoms with Crippen LogP contribution in [0.15, 0.2) is 0 Å². The van der Waals surface area contributed by atoms with Crippen LogP contribution in [0.2, 0.25) is 0 Å². The lowest BCUT2D eigenvalue weighted by Crippen LogP contribution is -2.42. The number of hydrogen-bond acceptors (Lipinski definition) is 2. The van der Waals surface area contributed by atoms with E-state index >= 15 is 0 Å². The number of amides is 2. The lowest BCUT2D eigenvalue weighted by atomic mass is 10.5. The van der Waals surface area contributed by atoms with Gasteiger partial charge in [-0.25, -0.2) is 4.79 Å². The molecule has 74 valence electrons. The predicted molar refractivity (Wildman–Crippen MR) is 46.4 cm³/mol. The number of carbonyl (C=O) groups is 2. The van der Waals surface area contributed by atoms with Crippen LogP contribution in [0.1, 0.15) is 12.8 Å². The molecular weight excluding hydrogens is 172 g/mol. The molecule has 0 aromatic rings. The van der Waals surface area contributed by atoms with Gasteiger partial charge in [0.05, 0.1) is 0 Å². The van der Waals surface area contributed by atoms with E-state index in [0.29, 0.717) is 6.04 Å². The summed E-state index contributed by atoms with van der Waals surface area (Å²) >= 11 is 0. The lowest BCUT2D eigenvalue weighted by Gasteiger charge is -2.23. The summed E-state index contributed by atoms with van der Waals surface area (Å²) in [4.78, 5) is 24.6. The lowest BCUT2D eigenvalue weighted by molar-refractivity contribution is -0.137. The molecule has 0 radical (unpaired) electrons. The Morgan fingerprint density at radius 2 is 1.92 bits per heavy atom. The van der Waals surface area contributed by atoms with E-state index in [9.17, 15) is 9.59 Å². The standard InChI is InChI=1S/C8H14N2O3/c1-9(5-7(11)12)8(13)10(2)6-3-4-6/h6H,3-5H2,1-2H3,(H,11,12). The second kappa shape index (κ2) is 3.64. The molecule has 0 heterocycles. The molecule has 5 heteroatoms. The number of urea groups is 1. The molecule has 0 saturated heterocycles. The van der Waals surface area contributed by atoms with Gasteiger partial charge >= 0.3 is 12.0 Å². The van der Waals surface area contributed by atoms with Crippen LogP contribution in [0.3, 0.4) is 0 Å². The average Bonchev–Trinajstić information content (AvgIpc) is 2.82. The highest BCUT2D eigenvalue weighted by Crippen LogP contribution is 2.25. The highest BCUT2D eigenvalue weighted by molar-refractivity contribution is 5.80. The van der Waals surface area contributed by atoms with Crippen molar-refractivity contribution in [1.29, 1.82) is 0 Å². The molecule has 2 amide bonds. The zero-order valence-electron chi connectivity index (χ0n) is 7.86. The van der Waals surface area contributed by atoms with Crippen molar-refractivity contribution >= 4 is 12.0 Å². The quantitative estimate of drug-likeness (QED) is 0.685. The van der Waals surface area contributed by atoms with Gasteiger partial charge in [-0.1, -0.05) is 0 Å². The van der Waals surface area contributed by atoms with E-state index in [0.717, 1.165) is 12.8 Å². The summed E-state index contributed by atoms with van der Waals surface area (Å²) < 4.78 is 0. The van der Waals surface area contributed by atoms with Crippen molar-refractivity contribution in [2.45, 2.75) is 18.9 Å². The molecular formula is C8H14N2O3. The van der Waals surface area contributed by atoms with Crippen LogP contribution < -0.4 is 0 Å². The van der Waals surface area contributed by atoms with E-state index in [4.69, 9.17) is 5.11 Å². The summed E-state index contributed by atoms with van der Waals surface area (Å²) in [5, 5.41) is 8.46. The Labute approximate surface area is 76.9 Å². The monoisotopic (exact) mass is 186 g/mol. The maximum absolute atomic E-state index is 11.4. The first-order valence-electron chi connectivity index (χ1n) is 4.22. The highest BCUT2D eigenvalue weighted by atomic mass is 16.4. The van der Waals surface area contributed by atoms with Gasteiger partial charge < -0.3 is 14.9 Å². The van der Waals surface area contributed by atoms with Gasteiger partial charge in [-0.3, -0.25) is 4.79 Å². The number of carboxylic acids is 1. The van der Waals surface area contributed by atoms with Crippen LogP contribution in [-0.2, 0) is 4.79 Å². The zero-order chi connectivity index (χ0) is 10.0. The van der Waals surface area contributed by atoms with Gasteiger partial charge in [-0.05, 0) is 12.8 Å². The number of aliphatic carboxylic acids is 1. The van der Waals surface area contributed by atoms with E-state index in [-0.39, 0.29) is 12.6 Å². The van der Waals surface area contributed by atoms with Crippen molar-refractivity contribution in [2.24, 2.45) is 0 Å². The van der Waals surface area contributed by atoms with Crippen molar-refractivity contribution in [1.82, 2.24) is 9.80 Å². The van der Waals surface area contributed by atoms with Gasteiger partial charge in [0, 0.05) is 20.1 Å². The van der Waals surface area contributed by atoms with Gasteiger partial charge in [0.2, 0.25) is 0 Å². The molecule has 1 aliphatic carbocycles. The third-order valence-corrected chi connectivity index (χ3v) is 2.10. The summed E-state index contributed by atoms with van der Waals surface area (Å²) in [6.07, 6.45) is 2.06. The Morgan fingerprint density at radius 1 is 1.38 bits per heavy atom. The average molecular weight is 186 g/mol. The predicted octanol–water partition coefficient (Wildman–Crippen LogP) is 0.217. The first kappa shape index (κ1) is 9.83. The molecule has 0 atom stereocenters. The molecule has 5 nitrogen and oxygen atoms in total. The Bertz CT molecular complexity index is 225. The number of nitrogens with zero attached hydrogens (tertiary/aromatic N) is 2. The molecule has 13 heavy (non-hydrogen) atoms. The summed E-state index contributed by atoms with van der Waals surface area (Å²) in [6.45, 7) is -0.240. The van der Waals surface area contributed by atoms with Crippen molar-refractivity contribution in [2.75, 3.05) is 20.6 Å². The summed E-state index contributed by atoms with van der Waals surface area (Å²) in [6, 6.07) is 0.105. The smallest absolute Gasteiger partial charge is 0.323 e.